The molecule has 0 spiro atoms. The number of carbonyl (C=O) groups is 2. The van der Waals surface area contributed by atoms with Gasteiger partial charge in [-0.15, -0.1) is 11.3 Å². The van der Waals surface area contributed by atoms with Gasteiger partial charge in [0, 0.05) is 4.88 Å². The molecule has 3 unspecified atom stereocenters. The van der Waals surface area contributed by atoms with Crippen LogP contribution in [0.1, 0.15) is 40.5 Å². The number of benzene rings is 2. The van der Waals surface area contributed by atoms with E-state index in [1.165, 1.54) is 16.2 Å². The van der Waals surface area contributed by atoms with Crippen LogP contribution in [0.4, 0.5) is 10.7 Å². The van der Waals surface area contributed by atoms with Gasteiger partial charge in [0.1, 0.15) is 17.0 Å². The lowest BCUT2D eigenvalue weighted by Crippen LogP contribution is -2.37. The lowest BCUT2D eigenvalue weighted by atomic mass is 9.90. The lowest BCUT2D eigenvalue weighted by molar-refractivity contribution is -0.126. The Kier molecular flexibility index (Phi) is 4.79. The van der Waals surface area contributed by atoms with Crippen molar-refractivity contribution in [2.75, 3.05) is 9.96 Å². The van der Waals surface area contributed by atoms with Crippen LogP contribution >= 0.6 is 11.3 Å². The van der Waals surface area contributed by atoms with E-state index in [0.29, 0.717) is 10.6 Å². The molecule has 1 aromatic heterocycles. The Morgan fingerprint density at radius 2 is 1.64 bits per heavy atom. The lowest BCUT2D eigenvalue weighted by Gasteiger charge is -2.28. The number of fused-ring (bicyclic) bond motifs is 2. The van der Waals surface area contributed by atoms with Crippen LogP contribution in [0.3, 0.4) is 0 Å². The van der Waals surface area contributed by atoms with Crippen molar-refractivity contribution in [2.24, 2.45) is 5.92 Å². The summed E-state index contributed by atoms with van der Waals surface area (Å²) in [5, 5.41) is 12.1. The fraction of sp³-hybridized carbons (Fsp3) is 0.269. The van der Waals surface area contributed by atoms with E-state index >= 15 is 0 Å². The Hall–Kier alpha value is -3.47. The molecule has 2 amide bonds. The number of rotatable bonds is 3. The number of hydrogen-bond acceptors (Lipinski definition) is 6. The van der Waals surface area contributed by atoms with Gasteiger partial charge in [0.05, 0.1) is 17.3 Å². The number of amides is 2. The molecule has 3 atom stereocenters. The maximum Gasteiger partial charge on any atom is 0.267 e. The second-order valence-corrected chi connectivity index (χ2v) is 9.67. The van der Waals surface area contributed by atoms with E-state index in [2.05, 4.69) is 6.07 Å². The van der Waals surface area contributed by atoms with Crippen LogP contribution in [0.2, 0.25) is 0 Å². The molecular weight excluding hydrogens is 434 g/mol. The van der Waals surface area contributed by atoms with Gasteiger partial charge in [0.25, 0.3) is 5.91 Å². The standard InChI is InChI=1S/C26H21N3O3S/c27-15-19-18-13-7-8-14-20(18)33-26(19)28-24(30)21-22(16-9-3-1-4-10-16)29(32-23(21)25(28)31)17-11-5-2-6-12-17/h1-6,9-12,21-23H,7-8,13-14H2. The molecule has 3 heterocycles. The second-order valence-electron chi connectivity index (χ2n) is 8.58. The van der Waals surface area contributed by atoms with Crippen molar-refractivity contribution in [1.29, 1.82) is 5.26 Å². The van der Waals surface area contributed by atoms with Crippen molar-refractivity contribution in [3.63, 3.8) is 0 Å². The fourth-order valence-corrected chi connectivity index (χ4v) is 6.58. The van der Waals surface area contributed by atoms with Gasteiger partial charge in [-0.05, 0) is 48.9 Å². The molecule has 33 heavy (non-hydrogen) atoms. The molecule has 3 aliphatic rings. The molecule has 2 saturated heterocycles. The predicted octanol–water partition coefficient (Wildman–Crippen LogP) is 4.55. The highest BCUT2D eigenvalue weighted by Crippen LogP contribution is 2.50. The van der Waals surface area contributed by atoms with E-state index in [0.717, 1.165) is 47.4 Å². The molecule has 2 aromatic carbocycles. The topological polar surface area (TPSA) is 73.6 Å². The number of aryl methyl sites for hydroxylation is 1. The molecule has 6 nitrogen and oxygen atoms in total. The van der Waals surface area contributed by atoms with Gasteiger partial charge < -0.3 is 0 Å². The largest absolute Gasteiger partial charge is 0.273 e. The summed E-state index contributed by atoms with van der Waals surface area (Å²) in [6.07, 6.45) is 2.88. The Bertz CT molecular complexity index is 1280. The van der Waals surface area contributed by atoms with E-state index in [9.17, 15) is 14.9 Å². The summed E-state index contributed by atoms with van der Waals surface area (Å²) >= 11 is 1.42. The molecule has 3 aromatic rings. The summed E-state index contributed by atoms with van der Waals surface area (Å²) in [7, 11) is 0. The van der Waals surface area contributed by atoms with Crippen LogP contribution in [-0.2, 0) is 27.3 Å². The summed E-state index contributed by atoms with van der Waals surface area (Å²) in [4.78, 5) is 36.0. The zero-order chi connectivity index (χ0) is 22.5. The fourth-order valence-electron chi connectivity index (χ4n) is 5.23. The monoisotopic (exact) mass is 455 g/mol. The van der Waals surface area contributed by atoms with E-state index in [-0.39, 0.29) is 11.8 Å². The number of nitriles is 1. The Balaban J connectivity index is 1.44. The highest BCUT2D eigenvalue weighted by Gasteiger charge is 2.61. The minimum atomic E-state index is -0.923. The normalized spacial score (nSPS) is 24.0. The number of hydrogen-bond donors (Lipinski definition) is 0. The third-order valence-electron chi connectivity index (χ3n) is 6.73. The number of carbonyl (C=O) groups excluding carboxylic acids is 2. The van der Waals surface area contributed by atoms with Crippen molar-refractivity contribution < 1.29 is 14.4 Å². The van der Waals surface area contributed by atoms with E-state index in [1.54, 1.807) is 5.06 Å². The third-order valence-corrected chi connectivity index (χ3v) is 8.01. The summed E-state index contributed by atoms with van der Waals surface area (Å²) in [5.74, 6) is -1.38. The summed E-state index contributed by atoms with van der Waals surface area (Å²) in [6.45, 7) is 0. The Labute approximate surface area is 195 Å². The zero-order valence-electron chi connectivity index (χ0n) is 17.8. The smallest absolute Gasteiger partial charge is 0.267 e. The number of anilines is 2. The predicted molar refractivity (Wildman–Crippen MR) is 125 cm³/mol. The maximum absolute atomic E-state index is 13.8. The summed E-state index contributed by atoms with van der Waals surface area (Å²) < 4.78 is 0. The number of imide groups is 1. The van der Waals surface area contributed by atoms with Gasteiger partial charge >= 0.3 is 0 Å². The van der Waals surface area contributed by atoms with Gasteiger partial charge in [-0.25, -0.2) is 9.96 Å². The average molecular weight is 456 g/mol. The first-order chi connectivity index (χ1) is 16.2. The van der Waals surface area contributed by atoms with Crippen LogP contribution in [0, 0.1) is 17.2 Å². The molecule has 0 saturated carbocycles. The minimum Gasteiger partial charge on any atom is -0.273 e. The Morgan fingerprint density at radius 1 is 0.939 bits per heavy atom. The first-order valence-electron chi connectivity index (χ1n) is 11.2. The molecule has 2 fully saturated rings. The molecule has 164 valence electrons. The minimum absolute atomic E-state index is 0.299. The third kappa shape index (κ3) is 3.02. The van der Waals surface area contributed by atoms with Gasteiger partial charge in [-0.3, -0.25) is 14.4 Å². The molecule has 0 N–H and O–H groups in total. The molecule has 0 radical (unpaired) electrons. The van der Waals surface area contributed by atoms with Gasteiger partial charge in [0.15, 0.2) is 6.10 Å². The van der Waals surface area contributed by atoms with Crippen LogP contribution < -0.4 is 9.96 Å². The molecule has 1 aliphatic carbocycles. The zero-order valence-corrected chi connectivity index (χ0v) is 18.6. The van der Waals surface area contributed by atoms with Crippen molar-refractivity contribution in [2.45, 2.75) is 37.8 Å². The Morgan fingerprint density at radius 3 is 2.36 bits per heavy atom. The van der Waals surface area contributed by atoms with Gasteiger partial charge in [-0.2, -0.15) is 5.26 Å². The number of hydroxylamine groups is 1. The first kappa shape index (κ1) is 20.2. The summed E-state index contributed by atoms with van der Waals surface area (Å²) in [6, 6.07) is 21.0. The SMILES string of the molecule is N#Cc1c(N2C(=O)C3ON(c4ccccc4)C(c4ccccc4)C3C2=O)sc2c1CCCC2. The molecular formula is C26H21N3O3S. The first-order valence-corrected chi connectivity index (χ1v) is 12.0. The van der Waals surface area contributed by atoms with Crippen LogP contribution in [-0.4, -0.2) is 17.9 Å². The molecule has 2 aliphatic heterocycles. The van der Waals surface area contributed by atoms with Crippen molar-refractivity contribution in [1.82, 2.24) is 0 Å². The molecule has 0 bridgehead atoms. The highest BCUT2D eigenvalue weighted by atomic mass is 32.1. The summed E-state index contributed by atoms with van der Waals surface area (Å²) in [5.41, 5.74) is 3.18. The molecule has 7 heteroatoms. The van der Waals surface area contributed by atoms with Crippen LogP contribution in [0.15, 0.2) is 60.7 Å². The van der Waals surface area contributed by atoms with Gasteiger partial charge in [-0.1, -0.05) is 48.5 Å². The van der Waals surface area contributed by atoms with E-state index < -0.39 is 18.1 Å². The van der Waals surface area contributed by atoms with Crippen LogP contribution in [0.25, 0.3) is 0 Å². The van der Waals surface area contributed by atoms with E-state index in [1.807, 2.05) is 60.7 Å². The average Bonchev–Trinajstić information content (AvgIpc) is 3.50. The van der Waals surface area contributed by atoms with Crippen LogP contribution in [0.5, 0.6) is 0 Å². The number of thiophene rings is 1. The number of para-hydroxylation sites is 1. The quantitative estimate of drug-likeness (QED) is 0.542. The van der Waals surface area contributed by atoms with Crippen molar-refractivity contribution in [3.8, 4) is 6.07 Å². The highest BCUT2D eigenvalue weighted by molar-refractivity contribution is 7.17. The molecule has 6 rings (SSSR count). The van der Waals surface area contributed by atoms with Gasteiger partial charge in [0.2, 0.25) is 5.91 Å². The second kappa shape index (κ2) is 7.84. The maximum atomic E-state index is 13.8. The van der Waals surface area contributed by atoms with Crippen molar-refractivity contribution in [3.05, 3.63) is 82.2 Å². The van der Waals surface area contributed by atoms with E-state index in [4.69, 9.17) is 4.84 Å². The van der Waals surface area contributed by atoms with Crippen molar-refractivity contribution >= 4 is 33.8 Å². The number of nitrogens with zero attached hydrogens (tertiary/aromatic N) is 3.